The van der Waals surface area contributed by atoms with Gasteiger partial charge in [-0.1, -0.05) is 13.8 Å². The van der Waals surface area contributed by atoms with E-state index in [4.69, 9.17) is 0 Å². The molecule has 0 bridgehead atoms. The summed E-state index contributed by atoms with van der Waals surface area (Å²) in [5.74, 6) is 0. The first-order valence-electron chi connectivity index (χ1n) is 7.88. The van der Waals surface area contributed by atoms with E-state index >= 15 is 0 Å². The standard InChI is InChI=1S/C16H28N4/c1-4-14(3)19-8-10-20(11-9-19)16-6-7-18-13-15(16)12-17-5-2/h6-7,13-14,17H,4-5,8-12H2,1-3H3. The van der Waals surface area contributed by atoms with Gasteiger partial charge in [0.25, 0.3) is 0 Å². The van der Waals surface area contributed by atoms with Crippen molar-refractivity contribution in [3.05, 3.63) is 24.0 Å². The van der Waals surface area contributed by atoms with Crippen LogP contribution >= 0.6 is 0 Å². The Kier molecular flexibility index (Phi) is 5.80. The monoisotopic (exact) mass is 276 g/mol. The molecular formula is C16H28N4. The van der Waals surface area contributed by atoms with Crippen LogP contribution in [-0.2, 0) is 6.54 Å². The average Bonchev–Trinajstić information content (AvgIpc) is 2.52. The predicted molar refractivity (Wildman–Crippen MR) is 85.2 cm³/mol. The summed E-state index contributed by atoms with van der Waals surface area (Å²) in [5.41, 5.74) is 2.66. The van der Waals surface area contributed by atoms with Gasteiger partial charge in [0.15, 0.2) is 0 Å². The van der Waals surface area contributed by atoms with Gasteiger partial charge in [-0.25, -0.2) is 0 Å². The Morgan fingerprint density at radius 2 is 2.00 bits per heavy atom. The van der Waals surface area contributed by atoms with Crippen LogP contribution in [0, 0.1) is 0 Å². The highest BCUT2D eigenvalue weighted by molar-refractivity contribution is 5.52. The molecule has 4 nitrogen and oxygen atoms in total. The van der Waals surface area contributed by atoms with Crippen LogP contribution in [0.1, 0.15) is 32.8 Å². The smallest absolute Gasteiger partial charge is 0.0443 e. The van der Waals surface area contributed by atoms with Crippen LogP contribution in [-0.4, -0.2) is 48.6 Å². The Labute approximate surface area is 123 Å². The normalized spacial score (nSPS) is 18.2. The highest BCUT2D eigenvalue weighted by Gasteiger charge is 2.21. The third-order valence-corrected chi connectivity index (χ3v) is 4.31. The molecule has 20 heavy (non-hydrogen) atoms. The maximum Gasteiger partial charge on any atom is 0.0443 e. The first kappa shape index (κ1) is 15.3. The van der Waals surface area contributed by atoms with Crippen LogP contribution in [0.15, 0.2) is 18.5 Å². The van der Waals surface area contributed by atoms with Crippen LogP contribution in [0.4, 0.5) is 5.69 Å². The van der Waals surface area contributed by atoms with Crippen molar-refractivity contribution in [1.82, 2.24) is 15.2 Å². The van der Waals surface area contributed by atoms with E-state index in [2.05, 4.69) is 46.9 Å². The SMILES string of the molecule is CCNCc1cnccc1N1CCN(C(C)CC)CC1. The zero-order valence-corrected chi connectivity index (χ0v) is 13.1. The highest BCUT2D eigenvalue weighted by atomic mass is 15.3. The molecule has 1 N–H and O–H groups in total. The molecule has 0 radical (unpaired) electrons. The van der Waals surface area contributed by atoms with Crippen molar-refractivity contribution in [2.75, 3.05) is 37.6 Å². The topological polar surface area (TPSA) is 31.4 Å². The summed E-state index contributed by atoms with van der Waals surface area (Å²) in [6, 6.07) is 2.86. The molecule has 0 amide bonds. The third kappa shape index (κ3) is 3.70. The zero-order chi connectivity index (χ0) is 14.4. The summed E-state index contributed by atoms with van der Waals surface area (Å²) in [6.07, 6.45) is 5.14. The van der Waals surface area contributed by atoms with E-state index in [1.165, 1.54) is 17.7 Å². The van der Waals surface area contributed by atoms with Crippen LogP contribution in [0.2, 0.25) is 0 Å². The van der Waals surface area contributed by atoms with E-state index in [1.54, 1.807) is 0 Å². The fraction of sp³-hybridized carbons (Fsp3) is 0.688. The molecule has 0 aromatic carbocycles. The van der Waals surface area contributed by atoms with Crippen LogP contribution < -0.4 is 10.2 Å². The van der Waals surface area contributed by atoms with Crippen LogP contribution in [0.3, 0.4) is 0 Å². The minimum Gasteiger partial charge on any atom is -0.369 e. The first-order chi connectivity index (χ1) is 9.76. The van der Waals surface area contributed by atoms with E-state index in [-0.39, 0.29) is 0 Å². The molecule has 1 aromatic heterocycles. The van der Waals surface area contributed by atoms with Crippen molar-refractivity contribution < 1.29 is 0 Å². The Balaban J connectivity index is 1.99. The van der Waals surface area contributed by atoms with E-state index in [0.717, 1.165) is 39.3 Å². The second-order valence-electron chi connectivity index (χ2n) is 5.57. The molecule has 0 saturated carbocycles. The molecule has 112 valence electrons. The quantitative estimate of drug-likeness (QED) is 0.862. The molecule has 2 heterocycles. The highest BCUT2D eigenvalue weighted by Crippen LogP contribution is 2.21. The first-order valence-corrected chi connectivity index (χ1v) is 7.88. The van der Waals surface area contributed by atoms with Gasteiger partial charge in [0.05, 0.1) is 0 Å². The molecular weight excluding hydrogens is 248 g/mol. The van der Waals surface area contributed by atoms with Gasteiger partial charge in [0.2, 0.25) is 0 Å². The summed E-state index contributed by atoms with van der Waals surface area (Å²) in [7, 11) is 0. The minimum atomic E-state index is 0.704. The molecule has 1 unspecified atom stereocenters. The number of aromatic nitrogens is 1. The summed E-state index contributed by atoms with van der Waals surface area (Å²) in [6.45, 7) is 13.2. The molecule has 2 rings (SSSR count). The van der Waals surface area contributed by atoms with Crippen LogP contribution in [0.5, 0.6) is 0 Å². The molecule has 4 heteroatoms. The molecule has 1 aliphatic rings. The van der Waals surface area contributed by atoms with Crippen molar-refractivity contribution in [3.63, 3.8) is 0 Å². The fourth-order valence-corrected chi connectivity index (χ4v) is 2.79. The van der Waals surface area contributed by atoms with Gasteiger partial charge in [0.1, 0.15) is 0 Å². The number of rotatable bonds is 6. The van der Waals surface area contributed by atoms with Gasteiger partial charge >= 0.3 is 0 Å². The Morgan fingerprint density at radius 3 is 2.65 bits per heavy atom. The molecule has 1 fully saturated rings. The van der Waals surface area contributed by atoms with Crippen molar-refractivity contribution in [2.24, 2.45) is 0 Å². The Morgan fingerprint density at radius 1 is 1.25 bits per heavy atom. The van der Waals surface area contributed by atoms with Gasteiger partial charge in [-0.3, -0.25) is 9.88 Å². The summed E-state index contributed by atoms with van der Waals surface area (Å²) >= 11 is 0. The van der Waals surface area contributed by atoms with Crippen molar-refractivity contribution >= 4 is 5.69 Å². The predicted octanol–water partition coefficient (Wildman–Crippen LogP) is 2.11. The fourth-order valence-electron chi connectivity index (χ4n) is 2.79. The molecule has 1 aromatic rings. The van der Waals surface area contributed by atoms with Crippen molar-refractivity contribution in [3.8, 4) is 0 Å². The number of hydrogen-bond acceptors (Lipinski definition) is 4. The van der Waals surface area contributed by atoms with E-state index in [9.17, 15) is 0 Å². The molecule has 0 spiro atoms. The zero-order valence-electron chi connectivity index (χ0n) is 13.1. The van der Waals surface area contributed by atoms with E-state index in [0.29, 0.717) is 6.04 Å². The van der Waals surface area contributed by atoms with Crippen molar-refractivity contribution in [1.29, 1.82) is 0 Å². The largest absolute Gasteiger partial charge is 0.369 e. The summed E-state index contributed by atoms with van der Waals surface area (Å²) in [5, 5.41) is 3.40. The lowest BCUT2D eigenvalue weighted by Gasteiger charge is -2.39. The summed E-state index contributed by atoms with van der Waals surface area (Å²) in [4.78, 5) is 9.38. The third-order valence-electron chi connectivity index (χ3n) is 4.31. The number of nitrogens with one attached hydrogen (secondary N) is 1. The Hall–Kier alpha value is -1.13. The number of hydrogen-bond donors (Lipinski definition) is 1. The lowest BCUT2D eigenvalue weighted by atomic mass is 10.1. The van der Waals surface area contributed by atoms with Gasteiger partial charge in [-0.15, -0.1) is 0 Å². The molecule has 1 saturated heterocycles. The van der Waals surface area contributed by atoms with Crippen molar-refractivity contribution in [2.45, 2.75) is 39.8 Å². The minimum absolute atomic E-state index is 0.704. The van der Waals surface area contributed by atoms with Crippen LogP contribution in [0.25, 0.3) is 0 Å². The number of nitrogens with zero attached hydrogens (tertiary/aromatic N) is 3. The maximum absolute atomic E-state index is 4.27. The summed E-state index contributed by atoms with van der Waals surface area (Å²) < 4.78 is 0. The second kappa shape index (κ2) is 7.60. The van der Waals surface area contributed by atoms with E-state index in [1.807, 2.05) is 12.4 Å². The molecule has 0 aliphatic carbocycles. The Bertz CT molecular complexity index is 399. The lowest BCUT2D eigenvalue weighted by molar-refractivity contribution is 0.192. The molecule has 1 aliphatic heterocycles. The lowest BCUT2D eigenvalue weighted by Crippen LogP contribution is -2.49. The number of anilines is 1. The second-order valence-corrected chi connectivity index (χ2v) is 5.57. The maximum atomic E-state index is 4.27. The van der Waals surface area contributed by atoms with Gasteiger partial charge < -0.3 is 10.2 Å². The number of piperazine rings is 1. The van der Waals surface area contributed by atoms with E-state index < -0.39 is 0 Å². The van der Waals surface area contributed by atoms with Gasteiger partial charge in [-0.05, 0) is 26.0 Å². The molecule has 1 atom stereocenters. The van der Waals surface area contributed by atoms with Gasteiger partial charge in [0, 0.05) is 62.4 Å². The average molecular weight is 276 g/mol. The number of pyridine rings is 1. The van der Waals surface area contributed by atoms with Gasteiger partial charge in [-0.2, -0.15) is 0 Å².